The van der Waals surface area contributed by atoms with Crippen molar-refractivity contribution < 1.29 is 0 Å². The smallest absolute Gasteiger partial charge is 0.0947 e. The van der Waals surface area contributed by atoms with Gasteiger partial charge in [0.1, 0.15) is 0 Å². The molecule has 0 unspecified atom stereocenters. The van der Waals surface area contributed by atoms with Crippen molar-refractivity contribution in [2.75, 3.05) is 6.54 Å². The Labute approximate surface area is 107 Å². The van der Waals surface area contributed by atoms with E-state index in [0.29, 0.717) is 6.54 Å². The number of nitrogens with two attached hydrogens (primary N) is 1. The van der Waals surface area contributed by atoms with Crippen molar-refractivity contribution in [3.05, 3.63) is 39.2 Å². The molecule has 0 fully saturated rings. The van der Waals surface area contributed by atoms with Crippen molar-refractivity contribution in [2.45, 2.75) is 27.2 Å². The van der Waals surface area contributed by atoms with Gasteiger partial charge in [-0.05, 0) is 38.4 Å². The number of nitrogens with zero attached hydrogens (tertiary/aromatic N) is 1. The highest BCUT2D eigenvalue weighted by molar-refractivity contribution is 7.12. The molecule has 2 rings (SSSR count). The van der Waals surface area contributed by atoms with Gasteiger partial charge in [0.2, 0.25) is 0 Å². The Balaban J connectivity index is 2.52. The lowest BCUT2D eigenvalue weighted by Gasteiger charge is -2.07. The fraction of sp³-hybridized carbons (Fsp3) is 0.357. The number of benzene rings is 1. The largest absolute Gasteiger partial charge is 0.330 e. The van der Waals surface area contributed by atoms with Gasteiger partial charge in [0.15, 0.2) is 0 Å². The van der Waals surface area contributed by atoms with Crippen LogP contribution < -0.4 is 5.73 Å². The predicted octanol–water partition coefficient (Wildman–Crippen LogP) is 3.24. The summed E-state index contributed by atoms with van der Waals surface area (Å²) >= 11 is 1.76. The number of hydrogen-bond acceptors (Lipinski definition) is 3. The van der Waals surface area contributed by atoms with Crippen LogP contribution in [-0.4, -0.2) is 11.5 Å². The Bertz CT molecular complexity index is 509. The summed E-state index contributed by atoms with van der Waals surface area (Å²) in [5, 5.41) is 1.14. The summed E-state index contributed by atoms with van der Waals surface area (Å²) in [5.74, 6) is 0. The van der Waals surface area contributed by atoms with Gasteiger partial charge in [-0.2, -0.15) is 0 Å². The minimum absolute atomic E-state index is 0.666. The van der Waals surface area contributed by atoms with Crippen LogP contribution in [0.2, 0.25) is 0 Å². The van der Waals surface area contributed by atoms with Gasteiger partial charge in [0.05, 0.1) is 10.7 Å². The van der Waals surface area contributed by atoms with E-state index >= 15 is 0 Å². The third-order valence-electron chi connectivity index (χ3n) is 2.92. The van der Waals surface area contributed by atoms with E-state index in [1.165, 1.54) is 21.6 Å². The second-order valence-corrected chi connectivity index (χ2v) is 5.61. The van der Waals surface area contributed by atoms with Crippen LogP contribution in [0.3, 0.4) is 0 Å². The maximum absolute atomic E-state index is 5.59. The van der Waals surface area contributed by atoms with Crippen LogP contribution in [0.4, 0.5) is 0 Å². The third kappa shape index (κ3) is 2.40. The van der Waals surface area contributed by atoms with E-state index in [-0.39, 0.29) is 0 Å². The first-order valence-electron chi connectivity index (χ1n) is 5.86. The van der Waals surface area contributed by atoms with Crippen molar-refractivity contribution in [3.8, 4) is 11.3 Å². The Morgan fingerprint density at radius 2 is 1.82 bits per heavy atom. The molecule has 2 aromatic rings. The van der Waals surface area contributed by atoms with Crippen molar-refractivity contribution >= 4 is 11.3 Å². The molecule has 0 amide bonds. The van der Waals surface area contributed by atoms with Crippen molar-refractivity contribution in [1.29, 1.82) is 0 Å². The van der Waals surface area contributed by atoms with E-state index in [1.54, 1.807) is 11.3 Å². The summed E-state index contributed by atoms with van der Waals surface area (Å²) in [7, 11) is 0. The van der Waals surface area contributed by atoms with Gasteiger partial charge in [0, 0.05) is 16.9 Å². The molecule has 0 aliphatic heterocycles. The van der Waals surface area contributed by atoms with E-state index in [9.17, 15) is 0 Å². The highest BCUT2D eigenvalue weighted by atomic mass is 32.1. The van der Waals surface area contributed by atoms with Crippen molar-refractivity contribution in [1.82, 2.24) is 4.98 Å². The summed E-state index contributed by atoms with van der Waals surface area (Å²) in [6, 6.07) is 6.38. The Morgan fingerprint density at radius 1 is 1.18 bits per heavy atom. The first-order valence-corrected chi connectivity index (χ1v) is 6.68. The molecule has 0 atom stereocenters. The fourth-order valence-electron chi connectivity index (χ4n) is 2.10. The second-order valence-electron chi connectivity index (χ2n) is 4.32. The normalized spacial score (nSPS) is 10.8. The zero-order valence-electron chi connectivity index (χ0n) is 10.6. The number of rotatable bonds is 3. The van der Waals surface area contributed by atoms with Crippen LogP contribution in [0.25, 0.3) is 11.3 Å². The lowest BCUT2D eigenvalue weighted by molar-refractivity contribution is 0.953. The first kappa shape index (κ1) is 12.3. The summed E-state index contributed by atoms with van der Waals surface area (Å²) in [6.07, 6.45) is 0.871. The summed E-state index contributed by atoms with van der Waals surface area (Å²) in [4.78, 5) is 6.01. The highest BCUT2D eigenvalue weighted by Gasteiger charge is 2.13. The topological polar surface area (TPSA) is 38.9 Å². The molecule has 0 aliphatic rings. The molecule has 0 saturated carbocycles. The van der Waals surface area contributed by atoms with Crippen LogP contribution in [-0.2, 0) is 6.42 Å². The van der Waals surface area contributed by atoms with Crippen LogP contribution >= 0.6 is 11.3 Å². The van der Waals surface area contributed by atoms with E-state index in [0.717, 1.165) is 17.1 Å². The Hall–Kier alpha value is -1.19. The summed E-state index contributed by atoms with van der Waals surface area (Å²) < 4.78 is 0. The molecule has 3 heteroatoms. The Kier molecular flexibility index (Phi) is 3.60. The van der Waals surface area contributed by atoms with Crippen LogP contribution in [0, 0.1) is 20.8 Å². The van der Waals surface area contributed by atoms with Gasteiger partial charge < -0.3 is 5.73 Å². The van der Waals surface area contributed by atoms with Gasteiger partial charge >= 0.3 is 0 Å². The van der Waals surface area contributed by atoms with Crippen molar-refractivity contribution in [3.63, 3.8) is 0 Å². The van der Waals surface area contributed by atoms with E-state index < -0.39 is 0 Å². The molecule has 90 valence electrons. The summed E-state index contributed by atoms with van der Waals surface area (Å²) in [5.41, 5.74) is 10.6. The van der Waals surface area contributed by atoms with E-state index in [1.807, 2.05) is 0 Å². The molecule has 2 nitrogen and oxygen atoms in total. The SMILES string of the molecule is Cc1cccc(C)c1-c1nc(CCN)sc1C. The monoisotopic (exact) mass is 246 g/mol. The van der Waals surface area contributed by atoms with Gasteiger partial charge in [-0.15, -0.1) is 11.3 Å². The van der Waals surface area contributed by atoms with Crippen LogP contribution in [0.1, 0.15) is 21.0 Å². The van der Waals surface area contributed by atoms with E-state index in [4.69, 9.17) is 10.7 Å². The van der Waals surface area contributed by atoms with Gasteiger partial charge in [-0.3, -0.25) is 0 Å². The number of aryl methyl sites for hydroxylation is 3. The van der Waals surface area contributed by atoms with E-state index in [2.05, 4.69) is 39.0 Å². The fourth-order valence-corrected chi connectivity index (χ4v) is 3.06. The van der Waals surface area contributed by atoms with Gasteiger partial charge in [0.25, 0.3) is 0 Å². The van der Waals surface area contributed by atoms with Crippen molar-refractivity contribution in [2.24, 2.45) is 5.73 Å². The van der Waals surface area contributed by atoms with Gasteiger partial charge in [-0.25, -0.2) is 4.98 Å². The molecule has 2 N–H and O–H groups in total. The molecular formula is C14H18N2S. The maximum Gasteiger partial charge on any atom is 0.0947 e. The predicted molar refractivity (Wildman–Crippen MR) is 74.5 cm³/mol. The Morgan fingerprint density at radius 3 is 2.41 bits per heavy atom. The molecule has 0 bridgehead atoms. The minimum atomic E-state index is 0.666. The third-order valence-corrected chi connectivity index (χ3v) is 3.95. The lowest BCUT2D eigenvalue weighted by atomic mass is 10.00. The lowest BCUT2D eigenvalue weighted by Crippen LogP contribution is -2.02. The molecule has 0 aliphatic carbocycles. The molecule has 1 heterocycles. The maximum atomic E-state index is 5.59. The number of thiazole rings is 1. The zero-order chi connectivity index (χ0) is 12.4. The van der Waals surface area contributed by atoms with Crippen LogP contribution in [0.15, 0.2) is 18.2 Å². The second kappa shape index (κ2) is 4.98. The standard InChI is InChI=1S/C14H18N2S/c1-9-5-4-6-10(2)13(9)14-11(3)17-12(16-14)7-8-15/h4-6H,7-8,15H2,1-3H3. The van der Waals surface area contributed by atoms with Crippen LogP contribution in [0.5, 0.6) is 0 Å². The molecule has 17 heavy (non-hydrogen) atoms. The molecule has 0 spiro atoms. The number of aromatic nitrogens is 1. The average molecular weight is 246 g/mol. The molecule has 1 aromatic carbocycles. The zero-order valence-corrected chi connectivity index (χ0v) is 11.4. The van der Waals surface area contributed by atoms with Gasteiger partial charge in [-0.1, -0.05) is 18.2 Å². The average Bonchev–Trinajstić information content (AvgIpc) is 2.60. The number of hydrogen-bond donors (Lipinski definition) is 1. The minimum Gasteiger partial charge on any atom is -0.330 e. The molecule has 1 aromatic heterocycles. The molecule has 0 saturated heterocycles. The molecular weight excluding hydrogens is 228 g/mol. The summed E-state index contributed by atoms with van der Waals surface area (Å²) in [6.45, 7) is 7.09. The first-order chi connectivity index (χ1) is 8.13. The quantitative estimate of drug-likeness (QED) is 0.903. The molecule has 0 radical (unpaired) electrons. The highest BCUT2D eigenvalue weighted by Crippen LogP contribution is 2.32.